The highest BCUT2D eigenvalue weighted by atomic mass is 16.6. The van der Waals surface area contributed by atoms with Crippen molar-refractivity contribution in [3.63, 3.8) is 0 Å². The van der Waals surface area contributed by atoms with Crippen LogP contribution in [0.5, 0.6) is 0 Å². The number of primary amides is 1. The minimum atomic E-state index is -0.681. The molecule has 1 aliphatic rings. The molecule has 0 spiro atoms. The highest BCUT2D eigenvalue weighted by molar-refractivity contribution is 5.64. The summed E-state index contributed by atoms with van der Waals surface area (Å²) in [6.45, 7) is 6.04. The van der Waals surface area contributed by atoms with Crippen LogP contribution in [0.15, 0.2) is 30.3 Å². The maximum Gasteiger partial charge on any atom is 0.404 e. The zero-order valence-corrected chi connectivity index (χ0v) is 10.9. The van der Waals surface area contributed by atoms with E-state index in [9.17, 15) is 4.79 Å². The molecule has 18 heavy (non-hydrogen) atoms. The van der Waals surface area contributed by atoms with Crippen molar-refractivity contribution < 1.29 is 9.53 Å². The van der Waals surface area contributed by atoms with Crippen LogP contribution in [-0.2, 0) is 10.3 Å². The van der Waals surface area contributed by atoms with Crippen molar-refractivity contribution in [3.8, 4) is 0 Å². The van der Waals surface area contributed by atoms with Crippen LogP contribution in [0.1, 0.15) is 25.8 Å². The number of ether oxygens (including phenoxy) is 1. The van der Waals surface area contributed by atoms with Gasteiger partial charge >= 0.3 is 6.09 Å². The third-order valence-corrected chi connectivity index (χ3v) is 3.70. The van der Waals surface area contributed by atoms with E-state index in [2.05, 4.69) is 30.9 Å². The smallest absolute Gasteiger partial charge is 0.404 e. The van der Waals surface area contributed by atoms with Crippen molar-refractivity contribution >= 4 is 6.09 Å². The molecule has 1 heterocycles. The average molecular weight is 248 g/mol. The molecule has 1 unspecified atom stereocenters. The summed E-state index contributed by atoms with van der Waals surface area (Å²) in [5, 5.41) is 0. The van der Waals surface area contributed by atoms with Gasteiger partial charge in [0.2, 0.25) is 0 Å². The molecule has 1 aromatic rings. The first-order valence-electron chi connectivity index (χ1n) is 6.27. The van der Waals surface area contributed by atoms with E-state index in [0.29, 0.717) is 0 Å². The van der Waals surface area contributed by atoms with Gasteiger partial charge in [0.15, 0.2) is 0 Å². The standard InChI is InChI=1S/C14H20N2O2/c1-14(2,11-6-4-3-5-7-11)16-9-8-12(10-16)18-13(15)17/h3-7,12H,8-10H2,1-2H3,(H2,15,17). The molecule has 1 amide bonds. The monoisotopic (exact) mass is 248 g/mol. The van der Waals surface area contributed by atoms with E-state index >= 15 is 0 Å². The van der Waals surface area contributed by atoms with Crippen LogP contribution in [0, 0.1) is 0 Å². The molecule has 4 heteroatoms. The van der Waals surface area contributed by atoms with Crippen molar-refractivity contribution in [2.24, 2.45) is 5.73 Å². The molecule has 1 atom stereocenters. The summed E-state index contributed by atoms with van der Waals surface area (Å²) in [6.07, 6.45) is 0.0870. The van der Waals surface area contributed by atoms with Gasteiger partial charge in [0.05, 0.1) is 0 Å². The molecule has 1 aromatic carbocycles. The Kier molecular flexibility index (Phi) is 3.57. The Morgan fingerprint density at radius 2 is 2.06 bits per heavy atom. The first kappa shape index (κ1) is 12.9. The van der Waals surface area contributed by atoms with E-state index in [1.165, 1.54) is 5.56 Å². The van der Waals surface area contributed by atoms with E-state index in [0.717, 1.165) is 19.5 Å². The number of carbonyl (C=O) groups excluding carboxylic acids is 1. The highest BCUT2D eigenvalue weighted by Gasteiger charge is 2.35. The van der Waals surface area contributed by atoms with Gasteiger partial charge in [0.25, 0.3) is 0 Å². The number of benzene rings is 1. The molecular formula is C14H20N2O2. The highest BCUT2D eigenvalue weighted by Crippen LogP contribution is 2.31. The Morgan fingerprint density at radius 1 is 1.39 bits per heavy atom. The van der Waals surface area contributed by atoms with E-state index in [1.54, 1.807) is 0 Å². The summed E-state index contributed by atoms with van der Waals surface area (Å²) >= 11 is 0. The Labute approximate surface area is 108 Å². The molecule has 1 saturated heterocycles. The number of likely N-dealkylation sites (tertiary alicyclic amines) is 1. The van der Waals surface area contributed by atoms with Crippen molar-refractivity contribution in [1.29, 1.82) is 0 Å². The van der Waals surface area contributed by atoms with Crippen LogP contribution in [0.3, 0.4) is 0 Å². The number of carbonyl (C=O) groups is 1. The largest absolute Gasteiger partial charge is 0.445 e. The van der Waals surface area contributed by atoms with Crippen molar-refractivity contribution in [1.82, 2.24) is 4.90 Å². The molecule has 0 saturated carbocycles. The molecule has 98 valence electrons. The number of hydrogen-bond donors (Lipinski definition) is 1. The van der Waals surface area contributed by atoms with Crippen LogP contribution in [0.25, 0.3) is 0 Å². The van der Waals surface area contributed by atoms with Gasteiger partial charge in [0.1, 0.15) is 6.10 Å². The van der Waals surface area contributed by atoms with Gasteiger partial charge in [-0.05, 0) is 25.8 Å². The Bertz CT molecular complexity index is 417. The fourth-order valence-corrected chi connectivity index (χ4v) is 2.52. The Morgan fingerprint density at radius 3 is 2.67 bits per heavy atom. The molecule has 4 nitrogen and oxygen atoms in total. The normalized spacial score (nSPS) is 20.9. The molecule has 0 aliphatic carbocycles. The van der Waals surface area contributed by atoms with Crippen LogP contribution in [-0.4, -0.2) is 30.2 Å². The lowest BCUT2D eigenvalue weighted by atomic mass is 9.93. The first-order chi connectivity index (χ1) is 8.50. The second kappa shape index (κ2) is 4.98. The van der Waals surface area contributed by atoms with E-state index in [1.807, 2.05) is 18.2 Å². The zero-order chi connectivity index (χ0) is 13.2. The van der Waals surface area contributed by atoms with Gasteiger partial charge < -0.3 is 10.5 Å². The molecule has 2 N–H and O–H groups in total. The van der Waals surface area contributed by atoms with Crippen LogP contribution in [0.2, 0.25) is 0 Å². The fourth-order valence-electron chi connectivity index (χ4n) is 2.52. The Balaban J connectivity index is 2.06. The van der Waals surface area contributed by atoms with Gasteiger partial charge in [-0.25, -0.2) is 4.79 Å². The van der Waals surface area contributed by atoms with Gasteiger partial charge in [0, 0.05) is 18.6 Å². The van der Waals surface area contributed by atoms with E-state index in [4.69, 9.17) is 10.5 Å². The first-order valence-corrected chi connectivity index (χ1v) is 6.27. The number of amides is 1. The molecule has 1 fully saturated rings. The predicted octanol–water partition coefficient (Wildman–Crippen LogP) is 2.09. The van der Waals surface area contributed by atoms with Crippen molar-refractivity contribution in [2.75, 3.05) is 13.1 Å². The molecule has 2 rings (SSSR count). The molecule has 0 aromatic heterocycles. The van der Waals surface area contributed by atoms with E-state index in [-0.39, 0.29) is 11.6 Å². The summed E-state index contributed by atoms with van der Waals surface area (Å²) < 4.78 is 5.07. The van der Waals surface area contributed by atoms with Crippen LogP contribution < -0.4 is 5.73 Å². The number of nitrogens with zero attached hydrogens (tertiary/aromatic N) is 1. The second-order valence-corrected chi connectivity index (χ2v) is 5.22. The third-order valence-electron chi connectivity index (χ3n) is 3.70. The predicted molar refractivity (Wildman–Crippen MR) is 70.1 cm³/mol. The Hall–Kier alpha value is -1.55. The summed E-state index contributed by atoms with van der Waals surface area (Å²) in [4.78, 5) is 13.1. The fraction of sp³-hybridized carbons (Fsp3) is 0.500. The third kappa shape index (κ3) is 2.64. The number of nitrogens with two attached hydrogens (primary N) is 1. The minimum Gasteiger partial charge on any atom is -0.445 e. The van der Waals surface area contributed by atoms with Gasteiger partial charge in [-0.2, -0.15) is 0 Å². The minimum absolute atomic E-state index is 0.0585. The topological polar surface area (TPSA) is 55.6 Å². The van der Waals surface area contributed by atoms with Crippen LogP contribution in [0.4, 0.5) is 4.79 Å². The lowest BCUT2D eigenvalue weighted by molar-refractivity contribution is 0.0899. The molecule has 1 aliphatic heterocycles. The summed E-state index contributed by atoms with van der Waals surface area (Å²) in [5.74, 6) is 0. The average Bonchev–Trinajstić information content (AvgIpc) is 2.78. The van der Waals surface area contributed by atoms with Crippen molar-refractivity contribution in [2.45, 2.75) is 31.9 Å². The quantitative estimate of drug-likeness (QED) is 0.891. The maximum atomic E-state index is 10.8. The molecule has 0 radical (unpaired) electrons. The summed E-state index contributed by atoms with van der Waals surface area (Å²) in [6, 6.07) is 10.4. The van der Waals surface area contributed by atoms with E-state index < -0.39 is 6.09 Å². The summed E-state index contributed by atoms with van der Waals surface area (Å²) in [5.41, 5.74) is 6.27. The second-order valence-electron chi connectivity index (χ2n) is 5.22. The lowest BCUT2D eigenvalue weighted by Gasteiger charge is -2.36. The van der Waals surface area contributed by atoms with Crippen molar-refractivity contribution in [3.05, 3.63) is 35.9 Å². The maximum absolute atomic E-state index is 10.8. The van der Waals surface area contributed by atoms with Gasteiger partial charge in [-0.1, -0.05) is 30.3 Å². The number of rotatable bonds is 3. The summed E-state index contributed by atoms with van der Waals surface area (Å²) in [7, 11) is 0. The number of hydrogen-bond acceptors (Lipinski definition) is 3. The van der Waals surface area contributed by atoms with Crippen LogP contribution >= 0.6 is 0 Å². The molecular weight excluding hydrogens is 228 g/mol. The zero-order valence-electron chi connectivity index (χ0n) is 10.9. The van der Waals surface area contributed by atoms with Gasteiger partial charge in [-0.15, -0.1) is 0 Å². The lowest BCUT2D eigenvalue weighted by Crippen LogP contribution is -2.40. The SMILES string of the molecule is CC(C)(c1ccccc1)N1CCC(OC(N)=O)C1. The van der Waals surface area contributed by atoms with Gasteiger partial charge in [-0.3, -0.25) is 4.90 Å². The molecule has 0 bridgehead atoms.